The second-order valence-corrected chi connectivity index (χ2v) is 9.31. The Morgan fingerprint density at radius 1 is 1.08 bits per heavy atom. The summed E-state index contributed by atoms with van der Waals surface area (Å²) in [6.07, 6.45) is 3.07. The summed E-state index contributed by atoms with van der Waals surface area (Å²) in [4.78, 5) is 30.9. The number of rotatable bonds is 6. The van der Waals surface area contributed by atoms with E-state index in [4.69, 9.17) is 9.84 Å². The predicted octanol–water partition coefficient (Wildman–Crippen LogP) is 5.82. The molecule has 2 N–H and O–H groups in total. The number of carbonyl (C=O) groups is 1. The smallest absolute Gasteiger partial charge is 0.417 e. The summed E-state index contributed by atoms with van der Waals surface area (Å²) in [7, 11) is 0. The summed E-state index contributed by atoms with van der Waals surface area (Å²) in [5, 5.41) is 8.95. The van der Waals surface area contributed by atoms with Crippen LogP contribution in [0.15, 0.2) is 42.9 Å². The van der Waals surface area contributed by atoms with E-state index < -0.39 is 17.7 Å². The molecule has 0 atom stereocenters. The number of aliphatic carboxylic acids is 1. The zero-order chi connectivity index (χ0) is 26.2. The lowest BCUT2D eigenvalue weighted by atomic mass is 9.85. The van der Waals surface area contributed by atoms with Crippen molar-refractivity contribution < 1.29 is 27.8 Å². The highest BCUT2D eigenvalue weighted by Gasteiger charge is 2.31. The number of aromatic amines is 1. The van der Waals surface area contributed by atoms with Crippen LogP contribution in [0.5, 0.6) is 5.88 Å². The fraction of sp³-hybridized carbons (Fsp3) is 0.346. The fourth-order valence-corrected chi connectivity index (χ4v) is 4.62. The molecule has 5 rings (SSSR count). The minimum atomic E-state index is -4.48. The first-order chi connectivity index (χ1) is 17.7. The number of hydrogen-bond acceptors (Lipinski definition) is 6. The zero-order valence-corrected chi connectivity index (χ0v) is 19.9. The number of halogens is 3. The van der Waals surface area contributed by atoms with Crippen molar-refractivity contribution in [2.24, 2.45) is 5.92 Å². The number of hydrogen-bond donors (Lipinski definition) is 2. The Balaban J connectivity index is 1.27. The van der Waals surface area contributed by atoms with Crippen molar-refractivity contribution in [1.29, 1.82) is 0 Å². The van der Waals surface area contributed by atoms with Gasteiger partial charge in [0.15, 0.2) is 5.65 Å². The SMILES string of the molecule is Cc1cc(-c2ccc(OC3CCC(CC(=O)O)CC3)nc2)ncc1-c1nc2ncc(C(F)(F)F)cc2[nH]1. The van der Waals surface area contributed by atoms with Crippen LogP contribution in [-0.2, 0) is 11.0 Å². The van der Waals surface area contributed by atoms with Crippen molar-refractivity contribution >= 4 is 17.1 Å². The molecular formula is C26H24F3N5O3. The number of ether oxygens (including phenoxy) is 1. The van der Waals surface area contributed by atoms with E-state index in [0.29, 0.717) is 23.0 Å². The van der Waals surface area contributed by atoms with Crippen molar-refractivity contribution in [3.05, 3.63) is 54.0 Å². The number of carboxylic acid groups (broad SMARTS) is 1. The maximum atomic E-state index is 13.0. The van der Waals surface area contributed by atoms with Gasteiger partial charge in [0.2, 0.25) is 5.88 Å². The highest BCUT2D eigenvalue weighted by molar-refractivity contribution is 5.77. The molecule has 8 nitrogen and oxygen atoms in total. The second kappa shape index (κ2) is 9.79. The number of aromatic nitrogens is 5. The van der Waals surface area contributed by atoms with E-state index in [-0.39, 0.29) is 29.6 Å². The van der Waals surface area contributed by atoms with Crippen LogP contribution in [0.2, 0.25) is 0 Å². The lowest BCUT2D eigenvalue weighted by molar-refractivity contribution is -0.139. The largest absolute Gasteiger partial charge is 0.481 e. The molecule has 4 aromatic rings. The van der Waals surface area contributed by atoms with E-state index in [1.54, 1.807) is 18.5 Å². The van der Waals surface area contributed by atoms with Gasteiger partial charge in [0.1, 0.15) is 11.9 Å². The Kier molecular flexibility index (Phi) is 6.53. The first-order valence-electron chi connectivity index (χ1n) is 11.9. The molecule has 0 radical (unpaired) electrons. The van der Waals surface area contributed by atoms with Gasteiger partial charge in [-0.15, -0.1) is 0 Å². The van der Waals surface area contributed by atoms with Gasteiger partial charge in [0.05, 0.1) is 16.8 Å². The van der Waals surface area contributed by atoms with Gasteiger partial charge in [0, 0.05) is 42.2 Å². The lowest BCUT2D eigenvalue weighted by Gasteiger charge is -2.27. The molecule has 1 saturated carbocycles. The first-order valence-corrected chi connectivity index (χ1v) is 11.9. The van der Waals surface area contributed by atoms with Crippen LogP contribution in [0.1, 0.15) is 43.2 Å². The maximum absolute atomic E-state index is 13.0. The molecule has 0 amide bonds. The van der Waals surface area contributed by atoms with Crippen LogP contribution in [0.25, 0.3) is 33.8 Å². The molecule has 0 saturated heterocycles. The van der Waals surface area contributed by atoms with Crippen LogP contribution in [0, 0.1) is 12.8 Å². The zero-order valence-electron chi connectivity index (χ0n) is 19.9. The minimum Gasteiger partial charge on any atom is -0.481 e. The van der Waals surface area contributed by atoms with Gasteiger partial charge >= 0.3 is 12.1 Å². The molecule has 1 fully saturated rings. The maximum Gasteiger partial charge on any atom is 0.417 e. The van der Waals surface area contributed by atoms with Gasteiger partial charge in [-0.1, -0.05) is 0 Å². The molecule has 37 heavy (non-hydrogen) atoms. The molecule has 0 bridgehead atoms. The second-order valence-electron chi connectivity index (χ2n) is 9.31. The molecule has 0 aromatic carbocycles. The van der Waals surface area contributed by atoms with E-state index in [1.165, 1.54) is 0 Å². The van der Waals surface area contributed by atoms with E-state index >= 15 is 0 Å². The summed E-state index contributed by atoms with van der Waals surface area (Å²) < 4.78 is 45.0. The number of carboxylic acids is 1. The molecule has 1 aliphatic rings. The van der Waals surface area contributed by atoms with Gasteiger partial charge in [-0.25, -0.2) is 15.0 Å². The number of alkyl halides is 3. The Hall–Kier alpha value is -4.02. The summed E-state index contributed by atoms with van der Waals surface area (Å²) in [6.45, 7) is 1.87. The highest BCUT2D eigenvalue weighted by atomic mass is 19.4. The molecule has 1 aliphatic carbocycles. The number of pyridine rings is 3. The number of H-pyrrole nitrogens is 1. The quantitative estimate of drug-likeness (QED) is 0.335. The number of nitrogens with zero attached hydrogens (tertiary/aromatic N) is 4. The predicted molar refractivity (Wildman–Crippen MR) is 129 cm³/mol. The summed E-state index contributed by atoms with van der Waals surface area (Å²) in [5.41, 5.74) is 2.51. The molecular weight excluding hydrogens is 487 g/mol. The number of nitrogens with one attached hydrogen (secondary N) is 1. The minimum absolute atomic E-state index is 0.0218. The van der Waals surface area contributed by atoms with Gasteiger partial charge in [0.25, 0.3) is 0 Å². The number of fused-ring (bicyclic) bond motifs is 1. The molecule has 0 spiro atoms. The molecule has 192 valence electrons. The van der Waals surface area contributed by atoms with E-state index in [0.717, 1.165) is 49.1 Å². The third kappa shape index (κ3) is 5.55. The average molecular weight is 512 g/mol. The Labute approximate surface area is 210 Å². The lowest BCUT2D eigenvalue weighted by Crippen LogP contribution is -2.25. The average Bonchev–Trinajstić information content (AvgIpc) is 3.28. The molecule has 0 aliphatic heterocycles. The monoisotopic (exact) mass is 511 g/mol. The molecule has 0 unspecified atom stereocenters. The van der Waals surface area contributed by atoms with Gasteiger partial charge in [-0.3, -0.25) is 9.78 Å². The standard InChI is InChI=1S/C26H24F3N5O3/c1-14-8-20(16-4-7-22(31-11-16)37-18-5-2-15(3-6-18)9-23(35)36)30-13-19(14)24-33-21-10-17(26(27,28)29)12-32-25(21)34-24/h4,7-8,10-13,15,18H,2-3,5-6,9H2,1H3,(H,35,36)(H,32,33,34). The summed E-state index contributed by atoms with van der Waals surface area (Å²) >= 11 is 0. The van der Waals surface area contributed by atoms with E-state index in [9.17, 15) is 18.0 Å². The van der Waals surface area contributed by atoms with Crippen LogP contribution < -0.4 is 4.74 Å². The Morgan fingerprint density at radius 2 is 1.86 bits per heavy atom. The van der Waals surface area contributed by atoms with Gasteiger partial charge in [-0.05, 0) is 62.3 Å². The topological polar surface area (TPSA) is 114 Å². The van der Waals surface area contributed by atoms with Crippen LogP contribution in [0.3, 0.4) is 0 Å². The third-order valence-electron chi connectivity index (χ3n) is 6.61. The summed E-state index contributed by atoms with van der Waals surface area (Å²) in [5.74, 6) is 0.343. The van der Waals surface area contributed by atoms with E-state index in [2.05, 4.69) is 24.9 Å². The van der Waals surface area contributed by atoms with Gasteiger partial charge < -0.3 is 14.8 Å². The molecule has 4 aromatic heterocycles. The number of imidazole rings is 1. The summed E-state index contributed by atoms with van der Waals surface area (Å²) in [6, 6.07) is 6.50. The van der Waals surface area contributed by atoms with Crippen LogP contribution in [0.4, 0.5) is 13.2 Å². The highest BCUT2D eigenvalue weighted by Crippen LogP contribution is 2.32. The van der Waals surface area contributed by atoms with Crippen molar-refractivity contribution in [3.8, 4) is 28.5 Å². The van der Waals surface area contributed by atoms with Crippen molar-refractivity contribution in [2.45, 2.75) is 51.3 Å². The van der Waals surface area contributed by atoms with Crippen molar-refractivity contribution in [1.82, 2.24) is 24.9 Å². The first kappa shape index (κ1) is 24.7. The van der Waals surface area contributed by atoms with E-state index in [1.807, 2.05) is 19.1 Å². The fourth-order valence-electron chi connectivity index (χ4n) is 4.62. The van der Waals surface area contributed by atoms with Crippen molar-refractivity contribution in [2.75, 3.05) is 0 Å². The van der Waals surface area contributed by atoms with Crippen LogP contribution in [-0.4, -0.2) is 42.1 Å². The third-order valence-corrected chi connectivity index (χ3v) is 6.61. The molecule has 4 heterocycles. The normalized spacial score (nSPS) is 18.2. The van der Waals surface area contributed by atoms with Crippen molar-refractivity contribution in [3.63, 3.8) is 0 Å². The molecule has 11 heteroatoms. The number of aryl methyl sites for hydroxylation is 1. The van der Waals surface area contributed by atoms with Crippen LogP contribution >= 0.6 is 0 Å². The Morgan fingerprint density at radius 3 is 2.51 bits per heavy atom. The van der Waals surface area contributed by atoms with Gasteiger partial charge in [-0.2, -0.15) is 13.2 Å². The Bertz CT molecular complexity index is 1430.